The highest BCUT2D eigenvalue weighted by molar-refractivity contribution is 7.80. The molecule has 1 aliphatic rings. The number of allylic oxidation sites excluding steroid dienone is 24. The first-order chi connectivity index (χ1) is 34.1. The number of carbonyl (C=O) groups is 1. The lowest BCUT2D eigenvalue weighted by molar-refractivity contribution is -0.301. The van der Waals surface area contributed by atoms with Crippen molar-refractivity contribution < 1.29 is 56.2 Å². The average molecular weight is 997 g/mol. The molecule has 1 fully saturated rings. The monoisotopic (exact) mass is 997 g/mol. The van der Waals surface area contributed by atoms with Gasteiger partial charge < -0.3 is 34.3 Å². The van der Waals surface area contributed by atoms with Crippen molar-refractivity contribution in [1.82, 2.24) is 0 Å². The number of hydrogen-bond donors (Lipinski definition) is 4. The van der Waals surface area contributed by atoms with Crippen molar-refractivity contribution in [3.05, 3.63) is 146 Å². The van der Waals surface area contributed by atoms with E-state index < -0.39 is 59.8 Å². The van der Waals surface area contributed by atoms with Gasteiger partial charge >= 0.3 is 16.4 Å². The van der Waals surface area contributed by atoms with Crippen molar-refractivity contribution in [1.29, 1.82) is 0 Å². The van der Waals surface area contributed by atoms with Crippen LogP contribution >= 0.6 is 0 Å². The van der Waals surface area contributed by atoms with Crippen LogP contribution in [-0.4, -0.2) is 97.5 Å². The van der Waals surface area contributed by atoms with Crippen molar-refractivity contribution in [2.24, 2.45) is 0 Å². The lowest BCUT2D eigenvalue weighted by Gasteiger charge is -2.41. The van der Waals surface area contributed by atoms with Crippen molar-refractivity contribution in [3.63, 3.8) is 0 Å². The Labute approximate surface area is 422 Å². The molecule has 394 valence electrons. The molecule has 70 heavy (non-hydrogen) atoms. The molecule has 0 spiro atoms. The van der Waals surface area contributed by atoms with Gasteiger partial charge in [-0.05, 0) is 109 Å². The number of hydrogen-bond acceptors (Lipinski definition) is 11. The molecule has 1 aliphatic heterocycles. The second-order valence-electron chi connectivity index (χ2n) is 16.6. The minimum Gasteiger partial charge on any atom is -0.457 e. The number of aliphatic hydroxyl groups is 3. The largest absolute Gasteiger partial charge is 0.457 e. The van der Waals surface area contributed by atoms with E-state index in [9.17, 15) is 33.1 Å². The molecule has 1 heterocycles. The fourth-order valence-electron chi connectivity index (χ4n) is 6.69. The highest BCUT2D eigenvalue weighted by atomic mass is 32.3. The third-order valence-corrected chi connectivity index (χ3v) is 10.9. The number of carbonyl (C=O) groups excluding carboxylic acids is 1. The Bertz CT molecular complexity index is 1770. The van der Waals surface area contributed by atoms with E-state index >= 15 is 0 Å². The van der Waals surface area contributed by atoms with E-state index in [0.717, 1.165) is 109 Å². The maximum Gasteiger partial charge on any atom is 0.397 e. The van der Waals surface area contributed by atoms with Gasteiger partial charge in [-0.15, -0.1) is 0 Å². The molecule has 0 radical (unpaired) electrons. The zero-order valence-electron chi connectivity index (χ0n) is 42.3. The minimum atomic E-state index is -5.09. The SMILES string of the molecule is CC/C=C\C/C=C\C/C=C\C/C=C\C/C=C\C/C=C\C/C=C\CCCC(=O)OC(COCCCCCC/C=C\C/C=C\C/C=C\C/C=C\C/C=C\CC)COC1OC(CO)C(O)C(OS(=O)(=O)O)C1O. The molecule has 6 unspecified atom stereocenters. The van der Waals surface area contributed by atoms with Crippen LogP contribution in [0, 0.1) is 0 Å². The summed E-state index contributed by atoms with van der Waals surface area (Å²) in [6.45, 7) is 3.60. The molecule has 1 rings (SSSR count). The lowest BCUT2D eigenvalue weighted by atomic mass is 9.99. The molecule has 0 aromatic heterocycles. The maximum atomic E-state index is 12.9. The molecule has 0 aromatic rings. The molecule has 0 aliphatic carbocycles. The quantitative estimate of drug-likeness (QED) is 0.0197. The molecule has 6 atom stereocenters. The fraction of sp³-hybridized carbons (Fsp3) is 0.561. The van der Waals surface area contributed by atoms with Crippen LogP contribution in [0.1, 0.15) is 142 Å². The molecule has 0 bridgehead atoms. The number of unbranched alkanes of at least 4 members (excludes halogenated alkanes) is 5. The summed E-state index contributed by atoms with van der Waals surface area (Å²) in [6.07, 6.45) is 60.2. The number of esters is 1. The van der Waals surface area contributed by atoms with Crippen LogP contribution in [0.2, 0.25) is 0 Å². The van der Waals surface area contributed by atoms with E-state index in [1.807, 2.05) is 6.08 Å². The summed E-state index contributed by atoms with van der Waals surface area (Å²) in [5, 5.41) is 30.8. The summed E-state index contributed by atoms with van der Waals surface area (Å²) >= 11 is 0. The zero-order chi connectivity index (χ0) is 51.0. The van der Waals surface area contributed by atoms with Crippen LogP contribution in [0.3, 0.4) is 0 Å². The smallest absolute Gasteiger partial charge is 0.397 e. The van der Waals surface area contributed by atoms with E-state index in [2.05, 4.69) is 158 Å². The van der Waals surface area contributed by atoms with Crippen molar-refractivity contribution in [3.8, 4) is 0 Å². The topological polar surface area (TPSA) is 178 Å². The molecule has 13 heteroatoms. The summed E-state index contributed by atoms with van der Waals surface area (Å²) < 4.78 is 59.2. The second-order valence-corrected chi connectivity index (χ2v) is 17.7. The van der Waals surface area contributed by atoms with Crippen molar-refractivity contribution >= 4 is 16.4 Å². The zero-order valence-corrected chi connectivity index (χ0v) is 43.1. The maximum absolute atomic E-state index is 12.9. The van der Waals surface area contributed by atoms with Gasteiger partial charge in [0, 0.05) is 13.0 Å². The number of ether oxygens (including phenoxy) is 4. The van der Waals surface area contributed by atoms with Crippen molar-refractivity contribution in [2.45, 2.75) is 179 Å². The van der Waals surface area contributed by atoms with Crippen LogP contribution in [0.25, 0.3) is 0 Å². The van der Waals surface area contributed by atoms with Gasteiger partial charge in [0.2, 0.25) is 0 Å². The average Bonchev–Trinajstić information content (AvgIpc) is 3.34. The molecule has 4 N–H and O–H groups in total. The Morgan fingerprint density at radius 3 is 1.36 bits per heavy atom. The third kappa shape index (κ3) is 38.7. The summed E-state index contributed by atoms with van der Waals surface area (Å²) in [5.74, 6) is -0.473. The standard InChI is InChI=1S/C57H88O12S/c1-3-5-7-9-11-13-15-17-19-21-23-25-26-27-28-30-32-34-36-38-40-42-44-46-53(59)67-51(50-66-57-55(61)56(69-70(62,63)64)54(60)52(48-58)68-57)49-65-47-45-43-41-39-37-35-33-31-29-24-22-20-18-16-14-12-10-8-6-4-2/h5-8,11-14,17-20,23-25,27-29,32-35,38,40,51-52,54-58,60-61H,3-4,9-10,15-16,21-22,26,30-31,36-37,39,41-50H2,1-2H3,(H,62,63,64)/b7-5-,8-6-,13-11-,14-12-,19-17-,20-18-,25-23-,28-27-,29-24-,34-32-,35-33-,40-38-. The van der Waals surface area contributed by atoms with Gasteiger partial charge in [-0.2, -0.15) is 8.42 Å². The van der Waals surface area contributed by atoms with Crippen molar-refractivity contribution in [2.75, 3.05) is 26.4 Å². The highest BCUT2D eigenvalue weighted by Crippen LogP contribution is 2.26. The Hall–Kier alpha value is -4.02. The van der Waals surface area contributed by atoms with E-state index in [0.29, 0.717) is 19.4 Å². The lowest BCUT2D eigenvalue weighted by Crippen LogP contribution is -2.60. The summed E-state index contributed by atoms with van der Waals surface area (Å²) in [6, 6.07) is 0. The number of rotatable bonds is 42. The van der Waals surface area contributed by atoms with Gasteiger partial charge in [0.1, 0.15) is 30.5 Å². The van der Waals surface area contributed by atoms with E-state index in [1.54, 1.807) is 0 Å². The van der Waals surface area contributed by atoms with E-state index in [4.69, 9.17) is 18.9 Å². The Morgan fingerprint density at radius 1 is 0.543 bits per heavy atom. The minimum absolute atomic E-state index is 0.0164. The fourth-order valence-corrected chi connectivity index (χ4v) is 7.19. The molecular weight excluding hydrogens is 909 g/mol. The summed E-state index contributed by atoms with van der Waals surface area (Å²) in [5.41, 5.74) is 0. The van der Waals surface area contributed by atoms with Gasteiger partial charge in [-0.25, -0.2) is 4.18 Å². The van der Waals surface area contributed by atoms with Crippen LogP contribution in [0.4, 0.5) is 0 Å². The Morgan fingerprint density at radius 2 is 0.943 bits per heavy atom. The van der Waals surface area contributed by atoms with Gasteiger partial charge in [0.15, 0.2) is 6.29 Å². The van der Waals surface area contributed by atoms with E-state index in [1.165, 1.54) is 0 Å². The summed E-state index contributed by atoms with van der Waals surface area (Å²) in [4.78, 5) is 12.9. The number of aliphatic hydroxyl groups excluding tert-OH is 3. The normalized spacial score (nSPS) is 20.3. The molecule has 1 saturated heterocycles. The molecular formula is C57H88O12S. The van der Waals surface area contributed by atoms with Gasteiger partial charge in [0.05, 0.1) is 19.8 Å². The van der Waals surface area contributed by atoms with Crippen LogP contribution in [0.5, 0.6) is 0 Å². The first-order valence-corrected chi connectivity index (χ1v) is 27.0. The first kappa shape index (κ1) is 64.0. The summed E-state index contributed by atoms with van der Waals surface area (Å²) in [7, 11) is -5.09. The first-order valence-electron chi connectivity index (χ1n) is 25.6. The molecule has 0 aromatic carbocycles. The molecule has 12 nitrogen and oxygen atoms in total. The molecule has 0 amide bonds. The molecule has 0 saturated carbocycles. The third-order valence-electron chi connectivity index (χ3n) is 10.5. The van der Waals surface area contributed by atoms with Crippen LogP contribution < -0.4 is 0 Å². The van der Waals surface area contributed by atoms with Gasteiger partial charge in [0.25, 0.3) is 0 Å². The Kier molecular flexibility index (Phi) is 42.1. The predicted molar refractivity (Wildman–Crippen MR) is 284 cm³/mol. The van der Waals surface area contributed by atoms with Crippen LogP contribution in [-0.2, 0) is 38.3 Å². The van der Waals surface area contributed by atoms with E-state index in [-0.39, 0.29) is 19.6 Å². The van der Waals surface area contributed by atoms with Gasteiger partial charge in [-0.3, -0.25) is 9.35 Å². The predicted octanol–water partition coefficient (Wildman–Crippen LogP) is 12.1. The second kappa shape index (κ2) is 46.1. The Balaban J connectivity index is 2.46. The highest BCUT2D eigenvalue weighted by Gasteiger charge is 2.48. The van der Waals surface area contributed by atoms with Gasteiger partial charge in [-0.1, -0.05) is 173 Å². The van der Waals surface area contributed by atoms with Crippen LogP contribution in [0.15, 0.2) is 146 Å².